The van der Waals surface area contributed by atoms with Crippen LogP contribution in [-0.4, -0.2) is 35.3 Å². The van der Waals surface area contributed by atoms with Crippen molar-refractivity contribution in [2.75, 3.05) is 13.2 Å². The Kier molecular flexibility index (Phi) is 7.01. The number of aliphatic hydroxyl groups is 1. The minimum atomic E-state index is -0.194. The molecule has 2 atom stereocenters. The van der Waals surface area contributed by atoms with Crippen LogP contribution in [0.15, 0.2) is 24.5 Å². The lowest BCUT2D eigenvalue weighted by molar-refractivity contribution is 0.229. The second-order valence-electron chi connectivity index (χ2n) is 5.40. The third-order valence-electron chi connectivity index (χ3n) is 3.34. The third-order valence-corrected chi connectivity index (χ3v) is 3.34. The number of carbonyl (C=O) groups is 1. The molecule has 5 heteroatoms. The summed E-state index contributed by atoms with van der Waals surface area (Å²) >= 11 is 0. The standard InChI is InChI=1S/C15H25N3O2/c1-11(2)14(13-5-4-7-16-9-13)10-17-15(20)18-12(3)6-8-19/h4-5,7,9,11-12,14,19H,6,8,10H2,1-3H3,(H2,17,18,20)/t12-,14?/m1/s1. The highest BCUT2D eigenvalue weighted by Gasteiger charge is 2.17. The van der Waals surface area contributed by atoms with Gasteiger partial charge in [-0.2, -0.15) is 0 Å². The fraction of sp³-hybridized carbons (Fsp3) is 0.600. The van der Waals surface area contributed by atoms with Gasteiger partial charge < -0.3 is 15.7 Å². The van der Waals surface area contributed by atoms with Crippen molar-refractivity contribution in [2.45, 2.75) is 39.2 Å². The second kappa shape index (κ2) is 8.53. The average Bonchev–Trinajstić information content (AvgIpc) is 2.40. The first-order valence-electron chi connectivity index (χ1n) is 7.09. The Labute approximate surface area is 120 Å². The average molecular weight is 279 g/mol. The topological polar surface area (TPSA) is 74.2 Å². The van der Waals surface area contributed by atoms with E-state index in [1.165, 1.54) is 0 Å². The summed E-state index contributed by atoms with van der Waals surface area (Å²) in [6.07, 6.45) is 4.15. The third kappa shape index (κ3) is 5.57. The van der Waals surface area contributed by atoms with E-state index < -0.39 is 0 Å². The quantitative estimate of drug-likeness (QED) is 0.713. The van der Waals surface area contributed by atoms with Gasteiger partial charge in [0, 0.05) is 37.5 Å². The molecule has 0 aromatic carbocycles. The summed E-state index contributed by atoms with van der Waals surface area (Å²) in [6.45, 7) is 6.78. The van der Waals surface area contributed by atoms with Crippen LogP contribution in [0.25, 0.3) is 0 Å². The number of urea groups is 1. The summed E-state index contributed by atoms with van der Waals surface area (Å²) < 4.78 is 0. The summed E-state index contributed by atoms with van der Waals surface area (Å²) in [7, 11) is 0. The number of hydrogen-bond donors (Lipinski definition) is 3. The van der Waals surface area contributed by atoms with Gasteiger partial charge in [0.15, 0.2) is 0 Å². The van der Waals surface area contributed by atoms with Crippen LogP contribution in [0.3, 0.4) is 0 Å². The minimum Gasteiger partial charge on any atom is -0.396 e. The van der Waals surface area contributed by atoms with Gasteiger partial charge in [0.1, 0.15) is 0 Å². The number of nitrogens with zero attached hydrogens (tertiary/aromatic N) is 1. The van der Waals surface area contributed by atoms with Crippen molar-refractivity contribution in [2.24, 2.45) is 5.92 Å². The largest absolute Gasteiger partial charge is 0.396 e. The van der Waals surface area contributed by atoms with Crippen LogP contribution in [0.2, 0.25) is 0 Å². The van der Waals surface area contributed by atoms with Gasteiger partial charge in [0.2, 0.25) is 0 Å². The molecule has 5 nitrogen and oxygen atoms in total. The zero-order valence-electron chi connectivity index (χ0n) is 12.5. The van der Waals surface area contributed by atoms with Crippen LogP contribution in [0.4, 0.5) is 4.79 Å². The molecule has 0 bridgehead atoms. The Balaban J connectivity index is 2.50. The van der Waals surface area contributed by atoms with Crippen LogP contribution in [0.5, 0.6) is 0 Å². The molecule has 1 aromatic heterocycles. The molecule has 20 heavy (non-hydrogen) atoms. The Morgan fingerprint density at radius 3 is 2.70 bits per heavy atom. The normalized spacial score (nSPS) is 13.8. The number of aliphatic hydroxyl groups excluding tert-OH is 1. The summed E-state index contributed by atoms with van der Waals surface area (Å²) in [6, 6.07) is 3.72. The smallest absolute Gasteiger partial charge is 0.315 e. The molecule has 1 rings (SSSR count). The van der Waals surface area contributed by atoms with Crippen LogP contribution in [0, 0.1) is 5.92 Å². The zero-order chi connectivity index (χ0) is 15.0. The van der Waals surface area contributed by atoms with E-state index in [4.69, 9.17) is 5.11 Å². The maximum absolute atomic E-state index is 11.8. The summed E-state index contributed by atoms with van der Waals surface area (Å²) in [5.41, 5.74) is 1.13. The van der Waals surface area contributed by atoms with Gasteiger partial charge in [-0.15, -0.1) is 0 Å². The SMILES string of the molecule is CC(C)C(CNC(=O)N[C@H](C)CCO)c1cccnc1. The van der Waals surface area contributed by atoms with Gasteiger partial charge in [-0.3, -0.25) is 4.98 Å². The van der Waals surface area contributed by atoms with E-state index in [0.29, 0.717) is 18.9 Å². The maximum atomic E-state index is 11.8. The molecule has 0 fully saturated rings. The Morgan fingerprint density at radius 2 is 2.15 bits per heavy atom. The van der Waals surface area contributed by atoms with Gasteiger partial charge in [-0.25, -0.2) is 4.79 Å². The Hall–Kier alpha value is -1.62. The van der Waals surface area contributed by atoms with E-state index in [0.717, 1.165) is 5.56 Å². The van der Waals surface area contributed by atoms with Gasteiger partial charge in [-0.05, 0) is 30.9 Å². The lowest BCUT2D eigenvalue weighted by atomic mass is 9.89. The molecule has 0 spiro atoms. The molecule has 0 saturated heterocycles. The number of amides is 2. The van der Waals surface area contributed by atoms with Crippen molar-refractivity contribution < 1.29 is 9.90 Å². The molecule has 0 aliphatic rings. The second-order valence-corrected chi connectivity index (χ2v) is 5.40. The molecule has 1 aromatic rings. The Bertz CT molecular complexity index is 395. The highest BCUT2D eigenvalue weighted by atomic mass is 16.3. The molecular formula is C15H25N3O2. The molecular weight excluding hydrogens is 254 g/mol. The molecule has 1 unspecified atom stereocenters. The number of pyridine rings is 1. The molecule has 1 heterocycles. The van der Waals surface area contributed by atoms with E-state index in [1.807, 2.05) is 25.3 Å². The molecule has 0 aliphatic heterocycles. The lowest BCUT2D eigenvalue weighted by Crippen LogP contribution is -2.43. The molecule has 0 saturated carbocycles. The van der Waals surface area contributed by atoms with E-state index in [-0.39, 0.29) is 24.6 Å². The fourth-order valence-electron chi connectivity index (χ4n) is 2.08. The lowest BCUT2D eigenvalue weighted by Gasteiger charge is -2.22. The van der Waals surface area contributed by atoms with E-state index in [2.05, 4.69) is 29.5 Å². The van der Waals surface area contributed by atoms with Gasteiger partial charge in [-0.1, -0.05) is 19.9 Å². The Morgan fingerprint density at radius 1 is 1.40 bits per heavy atom. The van der Waals surface area contributed by atoms with E-state index in [1.54, 1.807) is 6.20 Å². The van der Waals surface area contributed by atoms with E-state index in [9.17, 15) is 4.79 Å². The first-order valence-corrected chi connectivity index (χ1v) is 7.09. The number of aromatic nitrogens is 1. The summed E-state index contributed by atoms with van der Waals surface area (Å²) in [5.74, 6) is 0.650. The molecule has 3 N–H and O–H groups in total. The highest BCUT2D eigenvalue weighted by molar-refractivity contribution is 5.74. The minimum absolute atomic E-state index is 0.0316. The highest BCUT2D eigenvalue weighted by Crippen LogP contribution is 2.22. The van der Waals surface area contributed by atoms with E-state index >= 15 is 0 Å². The number of carbonyl (C=O) groups excluding carboxylic acids is 1. The predicted molar refractivity (Wildman–Crippen MR) is 79.5 cm³/mol. The van der Waals surface area contributed by atoms with Gasteiger partial charge in [0.25, 0.3) is 0 Å². The maximum Gasteiger partial charge on any atom is 0.315 e. The van der Waals surface area contributed by atoms with Crippen LogP contribution in [-0.2, 0) is 0 Å². The first kappa shape index (κ1) is 16.4. The fourth-order valence-corrected chi connectivity index (χ4v) is 2.08. The zero-order valence-corrected chi connectivity index (χ0v) is 12.5. The summed E-state index contributed by atoms with van der Waals surface area (Å²) in [4.78, 5) is 15.9. The molecule has 0 aliphatic carbocycles. The number of hydrogen-bond acceptors (Lipinski definition) is 3. The van der Waals surface area contributed by atoms with Crippen molar-refractivity contribution in [3.63, 3.8) is 0 Å². The monoisotopic (exact) mass is 279 g/mol. The van der Waals surface area contributed by atoms with Crippen LogP contribution < -0.4 is 10.6 Å². The van der Waals surface area contributed by atoms with Crippen molar-refractivity contribution in [3.8, 4) is 0 Å². The van der Waals surface area contributed by atoms with Gasteiger partial charge >= 0.3 is 6.03 Å². The van der Waals surface area contributed by atoms with Crippen molar-refractivity contribution in [1.82, 2.24) is 15.6 Å². The first-order chi connectivity index (χ1) is 9.54. The van der Waals surface area contributed by atoms with Crippen molar-refractivity contribution >= 4 is 6.03 Å². The van der Waals surface area contributed by atoms with Crippen molar-refractivity contribution in [3.05, 3.63) is 30.1 Å². The predicted octanol–water partition coefficient (Wildman–Crippen LogP) is 1.89. The van der Waals surface area contributed by atoms with Gasteiger partial charge in [0.05, 0.1) is 0 Å². The molecule has 112 valence electrons. The number of nitrogens with one attached hydrogen (secondary N) is 2. The molecule has 2 amide bonds. The summed E-state index contributed by atoms with van der Waals surface area (Å²) in [5, 5.41) is 14.5. The van der Waals surface area contributed by atoms with Crippen LogP contribution >= 0.6 is 0 Å². The molecule has 0 radical (unpaired) electrons. The van der Waals surface area contributed by atoms with Crippen molar-refractivity contribution in [1.29, 1.82) is 0 Å². The van der Waals surface area contributed by atoms with Crippen LogP contribution in [0.1, 0.15) is 38.7 Å². The number of rotatable bonds is 7.